The summed E-state index contributed by atoms with van der Waals surface area (Å²) in [6.07, 6.45) is 4.86. The summed E-state index contributed by atoms with van der Waals surface area (Å²) < 4.78 is 33.7. The minimum atomic E-state index is -0.844. The number of benzene rings is 2. The second kappa shape index (κ2) is 10.1. The summed E-state index contributed by atoms with van der Waals surface area (Å²) in [5.41, 5.74) is 1.15. The molecule has 4 rings (SSSR count). The molecule has 2 aromatic carbocycles. The smallest absolute Gasteiger partial charge is 0.251 e. The lowest BCUT2D eigenvalue weighted by Crippen LogP contribution is -2.22. The molecule has 0 fully saturated rings. The van der Waals surface area contributed by atoms with Crippen LogP contribution >= 0.6 is 11.8 Å². The van der Waals surface area contributed by atoms with Crippen molar-refractivity contribution < 1.29 is 22.8 Å². The lowest BCUT2D eigenvalue weighted by atomic mass is 10.2. The molecular formula is C23H18F2N4O3S. The molecule has 10 heteroatoms. The quantitative estimate of drug-likeness (QED) is 0.374. The maximum Gasteiger partial charge on any atom is 0.251 e. The Hall–Kier alpha value is -3.92. The standard InChI is InChI=1S/C23H18F2N4O3S/c24-16-5-8-20(19(25)12-16)28-21(30)14-33-23-26-9-10-29(23)17-6-3-15(4-7-17)22(31)27-13-18-2-1-11-32-18/h1-12H,13-14H2,(H,27,31)(H,28,30). The van der Waals surface area contributed by atoms with Gasteiger partial charge in [-0.2, -0.15) is 0 Å². The van der Waals surface area contributed by atoms with E-state index in [4.69, 9.17) is 4.42 Å². The third-order valence-electron chi connectivity index (χ3n) is 4.56. The number of halogens is 2. The number of carbonyl (C=O) groups excluding carboxylic acids is 2. The van der Waals surface area contributed by atoms with Crippen molar-refractivity contribution in [3.05, 3.63) is 96.2 Å². The van der Waals surface area contributed by atoms with E-state index < -0.39 is 17.5 Å². The highest BCUT2D eigenvalue weighted by molar-refractivity contribution is 7.99. The Kier molecular flexibility index (Phi) is 6.84. The maximum absolute atomic E-state index is 13.7. The van der Waals surface area contributed by atoms with Crippen molar-refractivity contribution in [1.29, 1.82) is 0 Å². The molecule has 33 heavy (non-hydrogen) atoms. The fourth-order valence-corrected chi connectivity index (χ4v) is 3.73. The summed E-state index contributed by atoms with van der Waals surface area (Å²) in [6, 6.07) is 13.4. The van der Waals surface area contributed by atoms with Crippen molar-refractivity contribution in [3.63, 3.8) is 0 Å². The predicted octanol–water partition coefficient (Wildman–Crippen LogP) is 4.40. The molecule has 0 radical (unpaired) electrons. The molecule has 0 aliphatic rings. The Bertz CT molecular complexity index is 1260. The molecule has 7 nitrogen and oxygen atoms in total. The van der Waals surface area contributed by atoms with Crippen LogP contribution < -0.4 is 10.6 Å². The predicted molar refractivity (Wildman–Crippen MR) is 119 cm³/mol. The number of amides is 2. The van der Waals surface area contributed by atoms with Crippen LogP contribution in [0, 0.1) is 11.6 Å². The van der Waals surface area contributed by atoms with Gasteiger partial charge in [-0.15, -0.1) is 0 Å². The van der Waals surface area contributed by atoms with Gasteiger partial charge < -0.3 is 15.1 Å². The number of nitrogens with zero attached hydrogens (tertiary/aromatic N) is 2. The minimum Gasteiger partial charge on any atom is -0.467 e. The third-order valence-corrected chi connectivity index (χ3v) is 5.52. The zero-order valence-corrected chi connectivity index (χ0v) is 17.9. The molecule has 0 saturated heterocycles. The van der Waals surface area contributed by atoms with E-state index in [1.165, 1.54) is 6.07 Å². The monoisotopic (exact) mass is 468 g/mol. The van der Waals surface area contributed by atoms with E-state index in [0.29, 0.717) is 29.1 Å². The third kappa shape index (κ3) is 5.66. The number of rotatable bonds is 8. The number of carbonyl (C=O) groups is 2. The normalized spacial score (nSPS) is 10.7. The molecule has 0 aliphatic heterocycles. The Morgan fingerprint density at radius 2 is 1.91 bits per heavy atom. The largest absolute Gasteiger partial charge is 0.467 e. The van der Waals surface area contributed by atoms with Crippen molar-refractivity contribution in [2.75, 3.05) is 11.1 Å². The van der Waals surface area contributed by atoms with Crippen LogP contribution in [0.3, 0.4) is 0 Å². The Morgan fingerprint density at radius 1 is 1.09 bits per heavy atom. The fraction of sp³-hybridized carbons (Fsp3) is 0.0870. The molecule has 2 aromatic heterocycles. The molecule has 0 bridgehead atoms. The first kappa shape index (κ1) is 22.3. The summed E-state index contributed by atoms with van der Waals surface area (Å²) in [6.45, 7) is 0.291. The topological polar surface area (TPSA) is 89.2 Å². The molecule has 2 N–H and O–H groups in total. The number of thioether (sulfide) groups is 1. The average Bonchev–Trinajstić information content (AvgIpc) is 3.50. The van der Waals surface area contributed by atoms with E-state index in [0.717, 1.165) is 23.5 Å². The van der Waals surface area contributed by atoms with Gasteiger partial charge in [0.1, 0.15) is 17.4 Å². The van der Waals surface area contributed by atoms with Gasteiger partial charge in [-0.05, 0) is 48.5 Å². The number of hydrogen-bond acceptors (Lipinski definition) is 5. The van der Waals surface area contributed by atoms with E-state index in [1.807, 2.05) is 0 Å². The van der Waals surface area contributed by atoms with Crippen LogP contribution in [0.15, 0.2) is 82.8 Å². The summed E-state index contributed by atoms with van der Waals surface area (Å²) >= 11 is 1.16. The molecule has 0 aliphatic carbocycles. The molecular weight excluding hydrogens is 450 g/mol. The van der Waals surface area contributed by atoms with Gasteiger partial charge in [0.25, 0.3) is 5.91 Å². The van der Waals surface area contributed by atoms with Crippen LogP contribution in [-0.4, -0.2) is 27.1 Å². The minimum absolute atomic E-state index is 0.0267. The fourth-order valence-electron chi connectivity index (χ4n) is 2.96. The lowest BCUT2D eigenvalue weighted by molar-refractivity contribution is -0.113. The van der Waals surface area contributed by atoms with Crippen molar-refractivity contribution in [3.8, 4) is 5.69 Å². The Labute approximate surface area is 191 Å². The van der Waals surface area contributed by atoms with Crippen molar-refractivity contribution >= 4 is 29.3 Å². The van der Waals surface area contributed by atoms with E-state index in [1.54, 1.807) is 59.6 Å². The zero-order valence-electron chi connectivity index (χ0n) is 17.1. The van der Waals surface area contributed by atoms with Gasteiger partial charge in [-0.25, -0.2) is 13.8 Å². The van der Waals surface area contributed by atoms with E-state index in [9.17, 15) is 18.4 Å². The van der Waals surface area contributed by atoms with E-state index in [2.05, 4.69) is 15.6 Å². The van der Waals surface area contributed by atoms with Gasteiger partial charge in [0.15, 0.2) is 5.16 Å². The number of imidazole rings is 1. The maximum atomic E-state index is 13.7. The van der Waals surface area contributed by atoms with Gasteiger partial charge in [-0.3, -0.25) is 14.2 Å². The van der Waals surface area contributed by atoms with E-state index in [-0.39, 0.29) is 17.3 Å². The number of anilines is 1. The molecule has 4 aromatic rings. The highest BCUT2D eigenvalue weighted by Gasteiger charge is 2.13. The first-order valence-electron chi connectivity index (χ1n) is 9.81. The van der Waals surface area contributed by atoms with Crippen LogP contribution in [0.1, 0.15) is 16.1 Å². The van der Waals surface area contributed by atoms with Crippen molar-refractivity contribution in [2.45, 2.75) is 11.7 Å². The summed E-state index contributed by atoms with van der Waals surface area (Å²) in [4.78, 5) is 28.7. The van der Waals surface area contributed by atoms with Gasteiger partial charge in [0, 0.05) is 29.7 Å². The van der Waals surface area contributed by atoms with Crippen LogP contribution in [0.25, 0.3) is 5.69 Å². The van der Waals surface area contributed by atoms with Crippen molar-refractivity contribution in [2.24, 2.45) is 0 Å². The van der Waals surface area contributed by atoms with Crippen LogP contribution in [0.5, 0.6) is 0 Å². The molecule has 2 amide bonds. The highest BCUT2D eigenvalue weighted by atomic mass is 32.2. The first-order chi connectivity index (χ1) is 16.0. The summed E-state index contributed by atoms with van der Waals surface area (Å²) in [5, 5.41) is 5.73. The molecule has 168 valence electrons. The van der Waals surface area contributed by atoms with Crippen molar-refractivity contribution in [1.82, 2.24) is 14.9 Å². The van der Waals surface area contributed by atoms with Gasteiger partial charge in [0.05, 0.1) is 24.2 Å². The number of hydrogen-bond donors (Lipinski definition) is 2. The Balaban J connectivity index is 1.35. The summed E-state index contributed by atoms with van der Waals surface area (Å²) in [5.74, 6) is -1.62. The van der Waals surface area contributed by atoms with Crippen LogP contribution in [-0.2, 0) is 11.3 Å². The van der Waals surface area contributed by atoms with E-state index >= 15 is 0 Å². The summed E-state index contributed by atoms with van der Waals surface area (Å²) in [7, 11) is 0. The second-order valence-corrected chi connectivity index (χ2v) is 7.79. The molecule has 0 atom stereocenters. The molecule has 0 spiro atoms. The first-order valence-corrected chi connectivity index (χ1v) is 10.8. The highest BCUT2D eigenvalue weighted by Crippen LogP contribution is 2.22. The zero-order chi connectivity index (χ0) is 23.2. The van der Waals surface area contributed by atoms with Crippen LogP contribution in [0.4, 0.5) is 14.5 Å². The lowest BCUT2D eigenvalue weighted by Gasteiger charge is -2.09. The van der Waals surface area contributed by atoms with Gasteiger partial charge in [-0.1, -0.05) is 11.8 Å². The number of furan rings is 1. The number of aromatic nitrogens is 2. The molecule has 0 saturated carbocycles. The molecule has 2 heterocycles. The Morgan fingerprint density at radius 3 is 2.64 bits per heavy atom. The SMILES string of the molecule is O=C(CSc1nccn1-c1ccc(C(=O)NCc2ccco2)cc1)Nc1ccc(F)cc1F. The van der Waals surface area contributed by atoms with Gasteiger partial charge in [0.2, 0.25) is 5.91 Å². The van der Waals surface area contributed by atoms with Gasteiger partial charge >= 0.3 is 0 Å². The average molecular weight is 468 g/mol. The number of nitrogens with one attached hydrogen (secondary N) is 2. The van der Waals surface area contributed by atoms with Crippen LogP contribution in [0.2, 0.25) is 0 Å². The second-order valence-electron chi connectivity index (χ2n) is 6.85. The molecule has 0 unspecified atom stereocenters.